The lowest BCUT2D eigenvalue weighted by Gasteiger charge is -2.23. The summed E-state index contributed by atoms with van der Waals surface area (Å²) in [7, 11) is 0. The molecule has 16 heavy (non-hydrogen) atoms. The van der Waals surface area contributed by atoms with E-state index in [4.69, 9.17) is 5.11 Å². The van der Waals surface area contributed by atoms with Crippen molar-refractivity contribution < 1.29 is 9.90 Å². The van der Waals surface area contributed by atoms with Gasteiger partial charge in [0.05, 0.1) is 10.2 Å². The number of hydrogen-bond acceptors (Lipinski definition) is 3. The summed E-state index contributed by atoms with van der Waals surface area (Å²) in [4.78, 5) is 11.9. The van der Waals surface area contributed by atoms with E-state index >= 15 is 0 Å². The van der Waals surface area contributed by atoms with Crippen LogP contribution >= 0.6 is 27.3 Å². The minimum absolute atomic E-state index is 0.192. The Morgan fingerprint density at radius 1 is 1.69 bits per heavy atom. The van der Waals surface area contributed by atoms with E-state index in [9.17, 15) is 4.79 Å². The molecule has 1 aromatic heterocycles. The molecule has 1 atom stereocenters. The lowest BCUT2D eigenvalue weighted by Crippen LogP contribution is -2.26. The molecule has 0 bridgehead atoms. The standard InChI is InChI=1S/C11H14BrNO2S/c12-10-6-7-8(13-5-4-11(14)15)2-1-3-9(7)16-10/h6,8,13H,1-5H2,(H,14,15). The van der Waals surface area contributed by atoms with Crippen molar-refractivity contribution in [3.05, 3.63) is 20.3 Å². The molecule has 0 spiro atoms. The highest BCUT2D eigenvalue weighted by molar-refractivity contribution is 9.11. The van der Waals surface area contributed by atoms with Crippen molar-refractivity contribution in [1.29, 1.82) is 0 Å². The molecule has 1 heterocycles. The van der Waals surface area contributed by atoms with Crippen LogP contribution < -0.4 is 5.32 Å². The zero-order valence-electron chi connectivity index (χ0n) is 8.83. The average Bonchev–Trinajstić information content (AvgIpc) is 2.58. The zero-order chi connectivity index (χ0) is 11.5. The molecule has 0 saturated heterocycles. The fourth-order valence-corrected chi connectivity index (χ4v) is 3.91. The summed E-state index contributed by atoms with van der Waals surface area (Å²) in [5, 5.41) is 11.9. The molecule has 0 aliphatic heterocycles. The maximum Gasteiger partial charge on any atom is 0.304 e. The summed E-state index contributed by atoms with van der Waals surface area (Å²) in [6, 6.07) is 2.50. The van der Waals surface area contributed by atoms with Gasteiger partial charge in [-0.25, -0.2) is 0 Å². The van der Waals surface area contributed by atoms with Crippen molar-refractivity contribution in [3.8, 4) is 0 Å². The van der Waals surface area contributed by atoms with Gasteiger partial charge >= 0.3 is 5.97 Å². The number of fused-ring (bicyclic) bond motifs is 1. The van der Waals surface area contributed by atoms with Crippen molar-refractivity contribution in [2.75, 3.05) is 6.54 Å². The number of carboxylic acids is 1. The first kappa shape index (κ1) is 12.1. The van der Waals surface area contributed by atoms with E-state index in [1.807, 2.05) is 0 Å². The third-order valence-electron chi connectivity index (χ3n) is 2.81. The number of rotatable bonds is 4. The Kier molecular flexibility index (Phi) is 4.00. The van der Waals surface area contributed by atoms with Gasteiger partial charge < -0.3 is 10.4 Å². The Labute approximate surface area is 107 Å². The molecule has 3 nitrogen and oxygen atoms in total. The Morgan fingerprint density at radius 2 is 2.50 bits per heavy atom. The van der Waals surface area contributed by atoms with E-state index in [2.05, 4.69) is 27.3 Å². The SMILES string of the molecule is O=C(O)CCNC1CCCc2sc(Br)cc21. The lowest BCUT2D eigenvalue weighted by molar-refractivity contribution is -0.136. The molecule has 88 valence electrons. The number of hydrogen-bond donors (Lipinski definition) is 2. The minimum Gasteiger partial charge on any atom is -0.481 e. The van der Waals surface area contributed by atoms with Crippen LogP contribution in [0.25, 0.3) is 0 Å². The number of carboxylic acid groups (broad SMARTS) is 1. The molecule has 5 heteroatoms. The van der Waals surface area contributed by atoms with Crippen LogP contribution in [-0.4, -0.2) is 17.6 Å². The van der Waals surface area contributed by atoms with E-state index < -0.39 is 5.97 Å². The van der Waals surface area contributed by atoms with Gasteiger partial charge in [-0.3, -0.25) is 4.79 Å². The normalized spacial score (nSPS) is 19.4. The number of halogens is 1. The highest BCUT2D eigenvalue weighted by atomic mass is 79.9. The van der Waals surface area contributed by atoms with Gasteiger partial charge in [-0.15, -0.1) is 11.3 Å². The van der Waals surface area contributed by atoms with Gasteiger partial charge in [-0.05, 0) is 46.8 Å². The van der Waals surface area contributed by atoms with E-state index in [-0.39, 0.29) is 6.42 Å². The Bertz CT molecular complexity index is 391. The molecule has 0 saturated carbocycles. The second-order valence-corrected chi connectivity index (χ2v) is 6.49. The third kappa shape index (κ3) is 2.84. The van der Waals surface area contributed by atoms with E-state index in [1.165, 1.54) is 20.6 Å². The number of carbonyl (C=O) groups is 1. The van der Waals surface area contributed by atoms with E-state index in [1.54, 1.807) is 11.3 Å². The van der Waals surface area contributed by atoms with Gasteiger partial charge in [0.2, 0.25) is 0 Å². The molecule has 0 fully saturated rings. The van der Waals surface area contributed by atoms with E-state index in [0.717, 1.165) is 12.8 Å². The third-order valence-corrected chi connectivity index (χ3v) is 4.53. The van der Waals surface area contributed by atoms with Gasteiger partial charge in [-0.2, -0.15) is 0 Å². The molecule has 0 radical (unpaired) electrons. The monoisotopic (exact) mass is 303 g/mol. The number of thiophene rings is 1. The van der Waals surface area contributed by atoms with Crippen LogP contribution in [0.1, 0.15) is 35.7 Å². The predicted octanol–water partition coefficient (Wildman–Crippen LogP) is 2.95. The molecule has 1 aromatic rings. The maximum atomic E-state index is 10.4. The maximum absolute atomic E-state index is 10.4. The molecule has 2 rings (SSSR count). The number of aryl methyl sites for hydroxylation is 1. The smallest absolute Gasteiger partial charge is 0.304 e. The molecule has 1 unspecified atom stereocenters. The highest BCUT2D eigenvalue weighted by Crippen LogP contribution is 2.37. The van der Waals surface area contributed by atoms with Crippen LogP contribution in [0.5, 0.6) is 0 Å². The zero-order valence-corrected chi connectivity index (χ0v) is 11.2. The Hall–Kier alpha value is -0.390. The number of aliphatic carboxylic acids is 1. The minimum atomic E-state index is -0.741. The van der Waals surface area contributed by atoms with Crippen molar-refractivity contribution in [2.24, 2.45) is 0 Å². The second kappa shape index (κ2) is 5.29. The molecular formula is C11H14BrNO2S. The van der Waals surface area contributed by atoms with Crippen molar-refractivity contribution in [3.63, 3.8) is 0 Å². The van der Waals surface area contributed by atoms with Gasteiger partial charge in [-0.1, -0.05) is 0 Å². The fourth-order valence-electron chi connectivity index (χ4n) is 2.09. The van der Waals surface area contributed by atoms with Gasteiger partial charge in [0.1, 0.15) is 0 Å². The van der Waals surface area contributed by atoms with Gasteiger partial charge in [0.25, 0.3) is 0 Å². The molecule has 2 N–H and O–H groups in total. The first-order valence-corrected chi connectivity index (χ1v) is 7.01. The Morgan fingerprint density at radius 3 is 3.25 bits per heavy atom. The summed E-state index contributed by atoms with van der Waals surface area (Å²) < 4.78 is 1.17. The fraction of sp³-hybridized carbons (Fsp3) is 0.545. The van der Waals surface area contributed by atoms with E-state index in [0.29, 0.717) is 12.6 Å². The first-order chi connectivity index (χ1) is 7.66. The van der Waals surface area contributed by atoms with Crippen molar-refractivity contribution in [1.82, 2.24) is 5.32 Å². The quantitative estimate of drug-likeness (QED) is 0.899. The van der Waals surface area contributed by atoms with Crippen molar-refractivity contribution >= 4 is 33.2 Å². The van der Waals surface area contributed by atoms with Crippen LogP contribution in [-0.2, 0) is 11.2 Å². The molecule has 0 aromatic carbocycles. The van der Waals surface area contributed by atoms with Crippen LogP contribution in [0, 0.1) is 0 Å². The topological polar surface area (TPSA) is 49.3 Å². The second-order valence-electron chi connectivity index (χ2n) is 3.97. The summed E-state index contributed by atoms with van der Waals surface area (Å²) in [6.45, 7) is 0.549. The van der Waals surface area contributed by atoms with Gasteiger partial charge in [0, 0.05) is 17.5 Å². The number of nitrogens with one attached hydrogen (secondary N) is 1. The average molecular weight is 304 g/mol. The molecule has 1 aliphatic rings. The van der Waals surface area contributed by atoms with Crippen LogP contribution in [0.15, 0.2) is 9.85 Å². The summed E-state index contributed by atoms with van der Waals surface area (Å²) in [6.07, 6.45) is 3.64. The molecular weight excluding hydrogens is 290 g/mol. The lowest BCUT2D eigenvalue weighted by atomic mass is 9.94. The van der Waals surface area contributed by atoms with Gasteiger partial charge in [0.15, 0.2) is 0 Å². The summed E-state index contributed by atoms with van der Waals surface area (Å²) in [5.74, 6) is -0.741. The summed E-state index contributed by atoms with van der Waals surface area (Å²) >= 11 is 5.30. The predicted molar refractivity (Wildman–Crippen MR) is 68.0 cm³/mol. The highest BCUT2D eigenvalue weighted by Gasteiger charge is 2.22. The van der Waals surface area contributed by atoms with Crippen LogP contribution in [0.3, 0.4) is 0 Å². The molecule has 1 aliphatic carbocycles. The Balaban J connectivity index is 1.98. The summed E-state index contributed by atoms with van der Waals surface area (Å²) in [5.41, 5.74) is 1.36. The molecule has 0 amide bonds. The van der Waals surface area contributed by atoms with Crippen LogP contribution in [0.2, 0.25) is 0 Å². The first-order valence-electron chi connectivity index (χ1n) is 5.40. The van der Waals surface area contributed by atoms with Crippen molar-refractivity contribution in [2.45, 2.75) is 31.7 Å². The van der Waals surface area contributed by atoms with Crippen LogP contribution in [0.4, 0.5) is 0 Å². The largest absolute Gasteiger partial charge is 0.481 e.